The van der Waals surface area contributed by atoms with E-state index in [0.29, 0.717) is 25.9 Å². The predicted octanol–water partition coefficient (Wildman–Crippen LogP) is 3.09. The van der Waals surface area contributed by atoms with E-state index in [2.05, 4.69) is 16.9 Å². The van der Waals surface area contributed by atoms with Crippen molar-refractivity contribution in [3.05, 3.63) is 34.3 Å². The van der Waals surface area contributed by atoms with Crippen LogP contribution < -0.4 is 11.5 Å². The average Bonchev–Trinajstić information content (AvgIpc) is 2.96. The quantitative estimate of drug-likeness (QED) is 0.679. The zero-order chi connectivity index (χ0) is 23.4. The van der Waals surface area contributed by atoms with Gasteiger partial charge in [0.15, 0.2) is 0 Å². The summed E-state index contributed by atoms with van der Waals surface area (Å²) in [7, 11) is 0. The van der Waals surface area contributed by atoms with Gasteiger partial charge in [0.1, 0.15) is 17.1 Å². The smallest absolute Gasteiger partial charge is 0.383 e. The lowest BCUT2D eigenvalue weighted by Gasteiger charge is -2.58. The predicted molar refractivity (Wildman–Crippen MR) is 111 cm³/mol. The zero-order valence-corrected chi connectivity index (χ0v) is 17.7. The zero-order valence-electron chi connectivity index (χ0n) is 17.0. The minimum Gasteiger partial charge on any atom is -0.383 e. The maximum Gasteiger partial charge on any atom is 0.417 e. The summed E-state index contributed by atoms with van der Waals surface area (Å²) >= 11 is 5.70. The van der Waals surface area contributed by atoms with Gasteiger partial charge in [-0.05, 0) is 37.8 Å². The summed E-state index contributed by atoms with van der Waals surface area (Å²) in [6, 6.07) is 3.10. The fourth-order valence-corrected chi connectivity index (χ4v) is 4.75. The number of carbonyl (C=O) groups is 2. The van der Waals surface area contributed by atoms with Crippen LogP contribution in [-0.2, 0) is 11.0 Å². The third-order valence-electron chi connectivity index (χ3n) is 5.99. The normalized spacial score (nSPS) is 17.3. The van der Waals surface area contributed by atoms with Crippen LogP contribution in [0.5, 0.6) is 0 Å². The second-order valence-corrected chi connectivity index (χ2v) is 8.62. The van der Waals surface area contributed by atoms with Gasteiger partial charge in [0.05, 0.1) is 16.6 Å². The second-order valence-electron chi connectivity index (χ2n) is 8.21. The lowest BCUT2D eigenvalue weighted by Crippen LogP contribution is -2.63. The Bertz CT molecular complexity index is 1180. The van der Waals surface area contributed by atoms with Crippen LogP contribution in [0.25, 0.3) is 11.3 Å². The van der Waals surface area contributed by atoms with Crippen molar-refractivity contribution < 1.29 is 22.8 Å². The number of anilines is 1. The first-order chi connectivity index (χ1) is 15.0. The first-order valence-corrected chi connectivity index (χ1v) is 10.1. The Balaban J connectivity index is 1.61. The fraction of sp³-hybridized carbons (Fsp3) is 0.381. The number of nitrogens with zero attached hydrogens (tertiary/aromatic N) is 3. The van der Waals surface area contributed by atoms with Gasteiger partial charge < -0.3 is 16.4 Å². The summed E-state index contributed by atoms with van der Waals surface area (Å²) < 4.78 is 41.3. The number of rotatable bonds is 3. The molecule has 1 saturated heterocycles. The molecule has 11 heteroatoms. The lowest BCUT2D eigenvalue weighted by atomic mass is 9.60. The van der Waals surface area contributed by atoms with Crippen LogP contribution in [0.1, 0.15) is 41.7 Å². The highest BCUT2D eigenvalue weighted by Gasteiger charge is 2.55. The average molecular weight is 466 g/mol. The molecule has 0 atom stereocenters. The van der Waals surface area contributed by atoms with Gasteiger partial charge in [0, 0.05) is 24.1 Å². The van der Waals surface area contributed by atoms with Crippen LogP contribution in [-0.4, -0.2) is 39.6 Å². The van der Waals surface area contributed by atoms with Crippen LogP contribution in [0, 0.1) is 17.3 Å². The molecular weight excluding hydrogens is 447 g/mol. The lowest BCUT2D eigenvalue weighted by molar-refractivity contribution is -0.148. The molecule has 2 aromatic rings. The summed E-state index contributed by atoms with van der Waals surface area (Å²) in [4.78, 5) is 25.6. The maximum atomic E-state index is 13.3. The van der Waals surface area contributed by atoms with E-state index in [1.54, 1.807) is 11.8 Å². The molecule has 7 nitrogen and oxygen atoms in total. The molecule has 0 radical (unpaired) electrons. The summed E-state index contributed by atoms with van der Waals surface area (Å²) in [5.74, 6) is 3.97. The Morgan fingerprint density at radius 2 is 1.94 bits per heavy atom. The molecule has 1 saturated carbocycles. The summed E-state index contributed by atoms with van der Waals surface area (Å²) in [5.41, 5.74) is 10.4. The number of primary amides is 1. The summed E-state index contributed by atoms with van der Waals surface area (Å²) in [6.07, 6.45) is -3.35. The van der Waals surface area contributed by atoms with Gasteiger partial charge in [0.25, 0.3) is 11.8 Å². The highest BCUT2D eigenvalue weighted by molar-refractivity contribution is 6.31. The van der Waals surface area contributed by atoms with Gasteiger partial charge in [-0.25, -0.2) is 4.68 Å². The van der Waals surface area contributed by atoms with E-state index in [-0.39, 0.29) is 40.0 Å². The monoisotopic (exact) mass is 465 g/mol. The van der Waals surface area contributed by atoms with E-state index >= 15 is 0 Å². The van der Waals surface area contributed by atoms with Crippen molar-refractivity contribution in [1.29, 1.82) is 0 Å². The minimum absolute atomic E-state index is 0.0000331. The molecule has 2 aliphatic rings. The van der Waals surface area contributed by atoms with Crippen molar-refractivity contribution in [3.63, 3.8) is 0 Å². The number of benzene rings is 1. The van der Waals surface area contributed by atoms with Gasteiger partial charge in [-0.2, -0.15) is 18.3 Å². The molecule has 168 valence electrons. The third kappa shape index (κ3) is 3.56. The van der Waals surface area contributed by atoms with E-state index in [9.17, 15) is 22.8 Å². The minimum atomic E-state index is -4.68. The van der Waals surface area contributed by atoms with Gasteiger partial charge in [-0.3, -0.25) is 9.59 Å². The number of hydrogen-bond acceptors (Lipinski definition) is 4. The number of likely N-dealkylation sites (tertiary alicyclic amines) is 1. The van der Waals surface area contributed by atoms with Gasteiger partial charge in [-0.1, -0.05) is 23.6 Å². The Morgan fingerprint density at radius 1 is 1.28 bits per heavy atom. The van der Waals surface area contributed by atoms with Crippen molar-refractivity contribution in [2.75, 3.05) is 18.8 Å². The molecule has 4 N–H and O–H groups in total. The Morgan fingerprint density at radius 3 is 2.50 bits per heavy atom. The third-order valence-corrected chi connectivity index (χ3v) is 6.32. The molecule has 1 aliphatic heterocycles. The first-order valence-electron chi connectivity index (χ1n) is 9.72. The Hall–Kier alpha value is -3.19. The second kappa shape index (κ2) is 7.45. The van der Waals surface area contributed by atoms with Crippen molar-refractivity contribution in [2.24, 2.45) is 11.1 Å². The van der Waals surface area contributed by atoms with Gasteiger partial charge in [-0.15, -0.1) is 0 Å². The number of carbonyl (C=O) groups excluding carboxylic acids is 2. The molecule has 0 bridgehead atoms. The van der Waals surface area contributed by atoms with Crippen LogP contribution in [0.3, 0.4) is 0 Å². The molecule has 1 aromatic carbocycles. The number of aromatic nitrogens is 2. The highest BCUT2D eigenvalue weighted by atomic mass is 35.5. The van der Waals surface area contributed by atoms with Crippen molar-refractivity contribution >= 4 is 29.2 Å². The van der Waals surface area contributed by atoms with Crippen molar-refractivity contribution in [1.82, 2.24) is 14.7 Å². The van der Waals surface area contributed by atoms with Crippen molar-refractivity contribution in [2.45, 2.75) is 32.0 Å². The van der Waals surface area contributed by atoms with Gasteiger partial charge >= 0.3 is 6.18 Å². The van der Waals surface area contributed by atoms with E-state index in [0.717, 1.165) is 12.1 Å². The number of nitrogens with two attached hydrogens (primary N) is 2. The first kappa shape index (κ1) is 22.0. The molecule has 4 rings (SSSR count). The molecule has 1 aromatic heterocycles. The summed E-state index contributed by atoms with van der Waals surface area (Å²) in [6.45, 7) is 2.74. The molecular formula is C21H19ClF3N5O2. The van der Waals surface area contributed by atoms with Crippen LogP contribution in [0.2, 0.25) is 5.02 Å². The fourth-order valence-electron chi connectivity index (χ4n) is 4.52. The SMILES string of the molecule is CC#CC(=O)N1CC2(CC(n3nc(-c4ccc(Cl)c(C(F)(F)F)c4)c(C(N)=O)c3N)C2)C1. The molecule has 1 spiro atoms. The topological polar surface area (TPSA) is 107 Å². The number of alkyl halides is 3. The molecule has 32 heavy (non-hydrogen) atoms. The Kier molecular flexibility index (Phi) is 5.12. The van der Waals surface area contributed by atoms with E-state index in [1.165, 1.54) is 10.7 Å². The maximum absolute atomic E-state index is 13.3. The van der Waals surface area contributed by atoms with Gasteiger partial charge in [0.2, 0.25) is 0 Å². The molecule has 2 heterocycles. The standard InChI is InChI=1S/C21H19ClF3N5O2/c1-2-3-15(31)29-9-20(10-29)7-12(8-20)30-18(26)16(19(27)32)17(28-30)11-4-5-14(22)13(6-11)21(23,24)25/h4-6,12H,7-10,26H2,1H3,(H2,27,32). The number of hydrogen-bond donors (Lipinski definition) is 2. The van der Waals surface area contributed by atoms with Crippen molar-refractivity contribution in [3.8, 4) is 23.1 Å². The van der Waals surface area contributed by atoms with E-state index in [4.69, 9.17) is 23.1 Å². The number of amides is 2. The van der Waals surface area contributed by atoms with Crippen LogP contribution in [0.15, 0.2) is 18.2 Å². The molecule has 2 amide bonds. The highest BCUT2D eigenvalue weighted by Crippen LogP contribution is 2.55. The number of nitrogen functional groups attached to an aromatic ring is 1. The summed E-state index contributed by atoms with van der Waals surface area (Å²) in [5, 5.41) is 3.90. The molecule has 1 aliphatic carbocycles. The largest absolute Gasteiger partial charge is 0.417 e. The Labute approximate surface area is 186 Å². The van der Waals surface area contributed by atoms with Crippen LogP contribution >= 0.6 is 11.6 Å². The number of halogens is 4. The van der Waals surface area contributed by atoms with Crippen LogP contribution in [0.4, 0.5) is 19.0 Å². The van der Waals surface area contributed by atoms with E-state index in [1.807, 2.05) is 0 Å². The van der Waals surface area contributed by atoms with E-state index < -0.39 is 22.7 Å². The molecule has 0 unspecified atom stereocenters. The molecule has 2 fully saturated rings.